The lowest BCUT2D eigenvalue weighted by Crippen LogP contribution is -2.24. The van der Waals surface area contributed by atoms with Crippen molar-refractivity contribution < 1.29 is 13.2 Å². The highest BCUT2D eigenvalue weighted by molar-refractivity contribution is 7.89. The number of carbonyl (C=O) groups is 1. The normalized spacial score (nSPS) is 10.8. The van der Waals surface area contributed by atoms with Gasteiger partial charge in [-0.3, -0.25) is 4.79 Å². The van der Waals surface area contributed by atoms with E-state index in [4.69, 9.17) is 5.73 Å². The Hall–Kier alpha value is -2.62. The van der Waals surface area contributed by atoms with Gasteiger partial charge in [0, 0.05) is 11.1 Å². The van der Waals surface area contributed by atoms with Gasteiger partial charge in [0.25, 0.3) is 0 Å². The second kappa shape index (κ2) is 7.30. The summed E-state index contributed by atoms with van der Waals surface area (Å²) in [4.78, 5) is 11.2. The fraction of sp³-hybridized carbons (Fsp3) is 0.167. The van der Waals surface area contributed by atoms with E-state index in [1.807, 2.05) is 13.0 Å². The van der Waals surface area contributed by atoms with E-state index in [1.54, 1.807) is 43.3 Å². The number of aryl methyl sites for hydroxylation is 2. The van der Waals surface area contributed by atoms with Crippen LogP contribution in [0.1, 0.15) is 27.0 Å². The monoisotopic (exact) mass is 342 g/mol. The van der Waals surface area contributed by atoms with Crippen molar-refractivity contribution in [1.29, 1.82) is 0 Å². The fourth-order valence-corrected chi connectivity index (χ4v) is 3.32. The number of amides is 1. The zero-order chi connectivity index (χ0) is 17.7. The molecule has 3 N–H and O–H groups in total. The van der Waals surface area contributed by atoms with Crippen molar-refractivity contribution in [1.82, 2.24) is 4.72 Å². The van der Waals surface area contributed by atoms with Gasteiger partial charge in [-0.1, -0.05) is 29.5 Å². The molecular weight excluding hydrogens is 324 g/mol. The van der Waals surface area contributed by atoms with Gasteiger partial charge in [0.1, 0.15) is 0 Å². The minimum Gasteiger partial charge on any atom is -0.366 e. The van der Waals surface area contributed by atoms with Gasteiger partial charge in [-0.25, -0.2) is 8.42 Å². The highest BCUT2D eigenvalue weighted by Gasteiger charge is 2.15. The topological polar surface area (TPSA) is 89.3 Å². The molecule has 0 aromatic heterocycles. The maximum atomic E-state index is 12.3. The van der Waals surface area contributed by atoms with E-state index in [-0.39, 0.29) is 11.4 Å². The predicted octanol–water partition coefficient (Wildman–Crippen LogP) is 1.73. The van der Waals surface area contributed by atoms with Gasteiger partial charge in [-0.2, -0.15) is 4.72 Å². The quantitative estimate of drug-likeness (QED) is 0.829. The van der Waals surface area contributed by atoms with Crippen molar-refractivity contribution in [3.8, 4) is 11.8 Å². The molecule has 2 aromatic carbocycles. The third-order valence-electron chi connectivity index (χ3n) is 3.37. The molecule has 0 atom stereocenters. The first-order valence-corrected chi connectivity index (χ1v) is 8.73. The molecule has 2 rings (SSSR count). The molecule has 124 valence electrons. The number of primary amides is 1. The minimum atomic E-state index is -3.59. The molecule has 1 amide bonds. The lowest BCUT2D eigenvalue weighted by atomic mass is 10.1. The smallest absolute Gasteiger partial charge is 0.248 e. The van der Waals surface area contributed by atoms with Crippen molar-refractivity contribution in [2.45, 2.75) is 18.7 Å². The van der Waals surface area contributed by atoms with Gasteiger partial charge >= 0.3 is 0 Å². The van der Waals surface area contributed by atoms with Gasteiger partial charge in [-0.05, 0) is 49.7 Å². The van der Waals surface area contributed by atoms with E-state index >= 15 is 0 Å². The second-order valence-corrected chi connectivity index (χ2v) is 7.07. The molecule has 5 nitrogen and oxygen atoms in total. The summed E-state index contributed by atoms with van der Waals surface area (Å²) in [6.45, 7) is 3.66. The van der Waals surface area contributed by atoms with Gasteiger partial charge < -0.3 is 5.73 Å². The average Bonchev–Trinajstić information content (AvgIpc) is 2.51. The molecule has 0 aliphatic heterocycles. The van der Waals surface area contributed by atoms with Crippen LogP contribution in [0, 0.1) is 25.7 Å². The first-order chi connectivity index (χ1) is 11.3. The molecule has 6 heteroatoms. The first kappa shape index (κ1) is 17.7. The van der Waals surface area contributed by atoms with Crippen LogP contribution < -0.4 is 10.5 Å². The molecule has 0 radical (unpaired) electrons. The summed E-state index contributed by atoms with van der Waals surface area (Å²) in [6.07, 6.45) is 0. The van der Waals surface area contributed by atoms with Crippen LogP contribution in [0.5, 0.6) is 0 Å². The average molecular weight is 342 g/mol. The molecule has 0 unspecified atom stereocenters. The highest BCUT2D eigenvalue weighted by Crippen LogP contribution is 2.15. The van der Waals surface area contributed by atoms with E-state index < -0.39 is 15.9 Å². The summed E-state index contributed by atoms with van der Waals surface area (Å²) in [6, 6.07) is 11.6. The molecule has 2 aromatic rings. The summed E-state index contributed by atoms with van der Waals surface area (Å²) in [5.41, 5.74) is 7.93. The summed E-state index contributed by atoms with van der Waals surface area (Å²) in [5, 5.41) is 0. The number of hydrogen-bond acceptors (Lipinski definition) is 3. The number of carbonyl (C=O) groups excluding carboxylic acids is 1. The van der Waals surface area contributed by atoms with Crippen molar-refractivity contribution in [2.24, 2.45) is 5.73 Å². The fourth-order valence-electron chi connectivity index (χ4n) is 2.17. The predicted molar refractivity (Wildman–Crippen MR) is 92.9 cm³/mol. The van der Waals surface area contributed by atoms with Crippen LogP contribution in [-0.4, -0.2) is 20.9 Å². The van der Waals surface area contributed by atoms with Crippen molar-refractivity contribution in [3.05, 3.63) is 64.7 Å². The molecular formula is C18H18N2O3S. The Morgan fingerprint density at radius 2 is 1.79 bits per heavy atom. The van der Waals surface area contributed by atoms with Crippen LogP contribution in [-0.2, 0) is 10.0 Å². The maximum absolute atomic E-state index is 12.3. The second-order valence-electron chi connectivity index (χ2n) is 5.34. The first-order valence-electron chi connectivity index (χ1n) is 7.25. The maximum Gasteiger partial charge on any atom is 0.248 e. The summed E-state index contributed by atoms with van der Waals surface area (Å²) >= 11 is 0. The van der Waals surface area contributed by atoms with Crippen molar-refractivity contribution in [2.75, 3.05) is 6.54 Å². The number of nitrogens with two attached hydrogens (primary N) is 1. The van der Waals surface area contributed by atoms with Crippen LogP contribution in [0.25, 0.3) is 0 Å². The molecule has 0 heterocycles. The molecule has 0 spiro atoms. The lowest BCUT2D eigenvalue weighted by Gasteiger charge is -2.07. The Morgan fingerprint density at radius 1 is 1.12 bits per heavy atom. The molecule has 0 saturated carbocycles. The van der Waals surface area contributed by atoms with Gasteiger partial charge in [0.2, 0.25) is 15.9 Å². The van der Waals surface area contributed by atoms with E-state index in [1.165, 1.54) is 0 Å². The Balaban J connectivity index is 2.04. The number of sulfonamides is 1. The number of nitrogens with one attached hydrogen (secondary N) is 1. The van der Waals surface area contributed by atoms with Gasteiger partial charge in [0.05, 0.1) is 11.4 Å². The molecule has 0 fully saturated rings. The Morgan fingerprint density at radius 3 is 2.38 bits per heavy atom. The van der Waals surface area contributed by atoms with E-state index in [0.29, 0.717) is 16.7 Å². The Bertz CT molecular complexity index is 921. The standard InChI is InChI=1S/C18H18N2O3S/c1-13-5-10-17(14(2)12-13)24(22,23)20-11-3-4-15-6-8-16(9-7-15)18(19)21/h5-10,12,20H,11H2,1-2H3,(H2,19,21). The van der Waals surface area contributed by atoms with Gasteiger partial charge in [0.15, 0.2) is 0 Å². The van der Waals surface area contributed by atoms with Crippen LogP contribution in [0.15, 0.2) is 47.4 Å². The SMILES string of the molecule is Cc1ccc(S(=O)(=O)NCC#Cc2ccc(C(N)=O)cc2)c(C)c1. The zero-order valence-electron chi connectivity index (χ0n) is 13.5. The van der Waals surface area contributed by atoms with Crippen LogP contribution in [0.3, 0.4) is 0 Å². The van der Waals surface area contributed by atoms with Gasteiger partial charge in [-0.15, -0.1) is 0 Å². The summed E-state index contributed by atoms with van der Waals surface area (Å²) in [5.74, 6) is 5.08. The number of benzene rings is 2. The zero-order valence-corrected chi connectivity index (χ0v) is 14.3. The molecule has 0 aliphatic carbocycles. The summed E-state index contributed by atoms with van der Waals surface area (Å²) in [7, 11) is -3.59. The van der Waals surface area contributed by atoms with E-state index in [2.05, 4.69) is 16.6 Å². The van der Waals surface area contributed by atoms with E-state index in [0.717, 1.165) is 5.56 Å². The summed E-state index contributed by atoms with van der Waals surface area (Å²) < 4.78 is 27.0. The van der Waals surface area contributed by atoms with Crippen molar-refractivity contribution in [3.63, 3.8) is 0 Å². The third-order valence-corrected chi connectivity index (χ3v) is 4.93. The van der Waals surface area contributed by atoms with Crippen molar-refractivity contribution >= 4 is 15.9 Å². The minimum absolute atomic E-state index is 0.00673. The Kier molecular flexibility index (Phi) is 5.39. The van der Waals surface area contributed by atoms with Crippen LogP contribution in [0.4, 0.5) is 0 Å². The molecule has 0 saturated heterocycles. The molecule has 24 heavy (non-hydrogen) atoms. The third kappa shape index (κ3) is 4.44. The Labute approximate surface area is 141 Å². The molecule has 0 bridgehead atoms. The van der Waals surface area contributed by atoms with Crippen LogP contribution >= 0.6 is 0 Å². The van der Waals surface area contributed by atoms with E-state index in [9.17, 15) is 13.2 Å². The highest BCUT2D eigenvalue weighted by atomic mass is 32.2. The number of rotatable bonds is 4. The van der Waals surface area contributed by atoms with Crippen LogP contribution in [0.2, 0.25) is 0 Å². The number of hydrogen-bond donors (Lipinski definition) is 2. The lowest BCUT2D eigenvalue weighted by molar-refractivity contribution is 0.100. The molecule has 0 aliphatic rings. The largest absolute Gasteiger partial charge is 0.366 e.